The largest absolute Gasteiger partial charge is 0.380 e. The highest BCUT2D eigenvalue weighted by Gasteiger charge is 2.03. The molecule has 0 unspecified atom stereocenters. The second kappa shape index (κ2) is 5.65. The minimum Gasteiger partial charge on any atom is -0.380 e. The van der Waals surface area contributed by atoms with Crippen molar-refractivity contribution in [3.63, 3.8) is 0 Å². The maximum absolute atomic E-state index is 5.30. The smallest absolute Gasteiger partial charge is 0.203 e. The van der Waals surface area contributed by atoms with E-state index in [0.29, 0.717) is 0 Å². The van der Waals surface area contributed by atoms with Gasteiger partial charge < -0.3 is 14.6 Å². The number of nitrogens with zero attached hydrogens (tertiary/aromatic N) is 2. The third-order valence-corrected chi connectivity index (χ3v) is 1.91. The Kier molecular flexibility index (Phi) is 4.46. The number of ether oxygens (including phenoxy) is 1. The maximum Gasteiger partial charge on any atom is 0.203 e. The summed E-state index contributed by atoms with van der Waals surface area (Å²) < 4.78 is 7.40. The molecule has 1 rings (SSSR count). The van der Waals surface area contributed by atoms with Crippen molar-refractivity contribution >= 4 is 5.95 Å². The van der Waals surface area contributed by atoms with Crippen LogP contribution >= 0.6 is 0 Å². The number of aryl methyl sites for hydroxylation is 1. The number of nitrogens with one attached hydrogen (secondary N) is 1. The fraction of sp³-hybridized carbons (Fsp3) is 0.700. The third kappa shape index (κ3) is 3.03. The van der Waals surface area contributed by atoms with E-state index in [4.69, 9.17) is 4.74 Å². The van der Waals surface area contributed by atoms with Gasteiger partial charge in [0.15, 0.2) is 0 Å². The lowest BCUT2D eigenvalue weighted by molar-refractivity contribution is 0.139. The van der Waals surface area contributed by atoms with Crippen LogP contribution in [0.4, 0.5) is 5.95 Å². The van der Waals surface area contributed by atoms with Gasteiger partial charge in [-0.15, -0.1) is 0 Å². The zero-order chi connectivity index (χ0) is 10.4. The van der Waals surface area contributed by atoms with Crippen LogP contribution in [0.1, 0.15) is 19.5 Å². The van der Waals surface area contributed by atoms with Crippen molar-refractivity contribution in [3.05, 3.63) is 11.9 Å². The molecule has 1 heterocycles. The Bertz CT molecular complexity index is 270. The molecule has 0 saturated carbocycles. The first-order valence-corrected chi connectivity index (χ1v) is 5.13. The highest BCUT2D eigenvalue weighted by molar-refractivity contribution is 5.28. The predicted octanol–water partition coefficient (Wildman–Crippen LogP) is 1.66. The number of imidazole rings is 1. The van der Waals surface area contributed by atoms with Gasteiger partial charge in [-0.1, -0.05) is 0 Å². The molecule has 0 atom stereocenters. The summed E-state index contributed by atoms with van der Waals surface area (Å²) in [4.78, 5) is 4.38. The summed E-state index contributed by atoms with van der Waals surface area (Å²) in [6.07, 6.45) is 2.04. The molecule has 0 aliphatic carbocycles. The van der Waals surface area contributed by atoms with Crippen molar-refractivity contribution in [1.82, 2.24) is 9.55 Å². The van der Waals surface area contributed by atoms with E-state index in [1.54, 1.807) is 0 Å². The molecule has 14 heavy (non-hydrogen) atoms. The lowest BCUT2D eigenvalue weighted by Gasteiger charge is -2.07. The van der Waals surface area contributed by atoms with Gasteiger partial charge in [0.25, 0.3) is 0 Å². The van der Waals surface area contributed by atoms with Crippen molar-refractivity contribution in [2.75, 3.05) is 25.1 Å². The van der Waals surface area contributed by atoms with Crippen molar-refractivity contribution < 1.29 is 4.74 Å². The molecule has 0 aromatic carbocycles. The molecule has 0 saturated heterocycles. The van der Waals surface area contributed by atoms with Gasteiger partial charge in [0.2, 0.25) is 5.95 Å². The average Bonchev–Trinajstić information content (AvgIpc) is 2.48. The molecule has 0 aliphatic heterocycles. The van der Waals surface area contributed by atoms with E-state index in [0.717, 1.165) is 37.9 Å². The Labute approximate surface area is 85.3 Å². The molecule has 0 aliphatic rings. The lowest BCUT2D eigenvalue weighted by Crippen LogP contribution is -2.10. The summed E-state index contributed by atoms with van der Waals surface area (Å²) in [5, 5.41) is 3.22. The topological polar surface area (TPSA) is 39.1 Å². The monoisotopic (exact) mass is 197 g/mol. The molecule has 4 heteroatoms. The van der Waals surface area contributed by atoms with Gasteiger partial charge in [-0.2, -0.15) is 0 Å². The van der Waals surface area contributed by atoms with Crippen LogP contribution in [0.15, 0.2) is 6.20 Å². The van der Waals surface area contributed by atoms with Gasteiger partial charge in [-0.25, -0.2) is 4.98 Å². The fourth-order valence-electron chi connectivity index (χ4n) is 1.32. The maximum atomic E-state index is 5.30. The van der Waals surface area contributed by atoms with Crippen LogP contribution in [-0.2, 0) is 11.3 Å². The Morgan fingerprint density at radius 1 is 1.50 bits per heavy atom. The van der Waals surface area contributed by atoms with E-state index >= 15 is 0 Å². The molecule has 1 N–H and O–H groups in total. The second-order valence-corrected chi connectivity index (χ2v) is 3.13. The average molecular weight is 197 g/mol. The van der Waals surface area contributed by atoms with Crippen LogP contribution < -0.4 is 5.32 Å². The van der Waals surface area contributed by atoms with Gasteiger partial charge >= 0.3 is 0 Å². The summed E-state index contributed by atoms with van der Waals surface area (Å²) in [5.41, 5.74) is 1.04. The highest BCUT2D eigenvalue weighted by atomic mass is 16.5. The van der Waals surface area contributed by atoms with E-state index in [2.05, 4.69) is 21.8 Å². The number of hydrogen-bond donors (Lipinski definition) is 1. The van der Waals surface area contributed by atoms with Crippen LogP contribution in [0, 0.1) is 6.92 Å². The molecule has 1 aromatic heterocycles. The number of aromatic nitrogens is 2. The first-order chi connectivity index (χ1) is 6.77. The molecular weight excluding hydrogens is 178 g/mol. The molecule has 1 aromatic rings. The van der Waals surface area contributed by atoms with Gasteiger partial charge in [0.1, 0.15) is 0 Å². The molecular formula is C10H19N3O. The summed E-state index contributed by atoms with van der Waals surface area (Å²) in [6, 6.07) is 0. The first kappa shape index (κ1) is 11.0. The van der Waals surface area contributed by atoms with Crippen molar-refractivity contribution in [2.24, 2.45) is 0 Å². The van der Waals surface area contributed by atoms with E-state index in [1.807, 2.05) is 20.0 Å². The summed E-state index contributed by atoms with van der Waals surface area (Å²) in [6.45, 7) is 9.33. The Morgan fingerprint density at radius 3 is 2.93 bits per heavy atom. The Balaban J connectivity index is 2.54. The number of hydrogen-bond acceptors (Lipinski definition) is 3. The van der Waals surface area contributed by atoms with Gasteiger partial charge in [-0.3, -0.25) is 0 Å². The minimum atomic E-state index is 0.741. The molecule has 80 valence electrons. The van der Waals surface area contributed by atoms with E-state index < -0.39 is 0 Å². The highest BCUT2D eigenvalue weighted by Crippen LogP contribution is 2.07. The standard InChI is InChI=1S/C10H19N3O/c1-4-11-10-12-9(3)8-13(10)6-7-14-5-2/h8H,4-7H2,1-3H3,(H,11,12). The van der Waals surface area contributed by atoms with Gasteiger partial charge in [0, 0.05) is 25.9 Å². The third-order valence-electron chi connectivity index (χ3n) is 1.91. The molecule has 0 amide bonds. The quantitative estimate of drug-likeness (QED) is 0.705. The van der Waals surface area contributed by atoms with Gasteiger partial charge in [-0.05, 0) is 20.8 Å². The molecule has 0 radical (unpaired) electrons. The number of rotatable bonds is 6. The predicted molar refractivity (Wildman–Crippen MR) is 57.6 cm³/mol. The molecule has 0 fully saturated rings. The van der Waals surface area contributed by atoms with Crippen molar-refractivity contribution in [2.45, 2.75) is 27.3 Å². The van der Waals surface area contributed by atoms with Crippen LogP contribution in [-0.4, -0.2) is 29.3 Å². The van der Waals surface area contributed by atoms with Crippen LogP contribution in [0.3, 0.4) is 0 Å². The lowest BCUT2D eigenvalue weighted by atomic mass is 10.5. The Morgan fingerprint density at radius 2 is 2.29 bits per heavy atom. The molecule has 0 bridgehead atoms. The Hall–Kier alpha value is -1.03. The summed E-state index contributed by atoms with van der Waals surface area (Å²) in [7, 11) is 0. The van der Waals surface area contributed by atoms with E-state index in [9.17, 15) is 0 Å². The van der Waals surface area contributed by atoms with Crippen molar-refractivity contribution in [1.29, 1.82) is 0 Å². The normalized spacial score (nSPS) is 10.5. The zero-order valence-electron chi connectivity index (χ0n) is 9.21. The van der Waals surface area contributed by atoms with Crippen LogP contribution in [0.5, 0.6) is 0 Å². The van der Waals surface area contributed by atoms with E-state index in [-0.39, 0.29) is 0 Å². The van der Waals surface area contributed by atoms with Crippen LogP contribution in [0.2, 0.25) is 0 Å². The summed E-state index contributed by atoms with van der Waals surface area (Å²) >= 11 is 0. The number of anilines is 1. The molecule has 0 spiro atoms. The minimum absolute atomic E-state index is 0.741. The van der Waals surface area contributed by atoms with E-state index in [1.165, 1.54) is 0 Å². The first-order valence-electron chi connectivity index (χ1n) is 5.13. The van der Waals surface area contributed by atoms with Gasteiger partial charge in [0.05, 0.1) is 12.3 Å². The zero-order valence-corrected chi connectivity index (χ0v) is 9.21. The molecule has 4 nitrogen and oxygen atoms in total. The second-order valence-electron chi connectivity index (χ2n) is 3.13. The SMILES string of the molecule is CCNc1nc(C)cn1CCOCC. The fourth-order valence-corrected chi connectivity index (χ4v) is 1.32. The summed E-state index contributed by atoms with van der Waals surface area (Å²) in [5.74, 6) is 0.935. The van der Waals surface area contributed by atoms with Crippen molar-refractivity contribution in [3.8, 4) is 0 Å². The van der Waals surface area contributed by atoms with Crippen LogP contribution in [0.25, 0.3) is 0 Å².